The second-order valence-corrected chi connectivity index (χ2v) is 6.17. The van der Waals surface area contributed by atoms with E-state index in [0.717, 1.165) is 29.1 Å². The molecule has 0 radical (unpaired) electrons. The maximum absolute atomic E-state index is 7.78. The third kappa shape index (κ3) is 3.05. The van der Waals surface area contributed by atoms with Crippen molar-refractivity contribution in [2.24, 2.45) is 5.73 Å². The molecule has 0 atom stereocenters. The summed E-state index contributed by atoms with van der Waals surface area (Å²) >= 11 is 1.37. The van der Waals surface area contributed by atoms with Crippen LogP contribution in [0.5, 0.6) is 0 Å². The molecule has 2 aromatic heterocycles. The molecule has 0 spiro atoms. The van der Waals surface area contributed by atoms with E-state index in [9.17, 15) is 0 Å². The monoisotopic (exact) mass is 299 g/mol. The fourth-order valence-electron chi connectivity index (χ4n) is 2.41. The highest BCUT2D eigenvalue weighted by Crippen LogP contribution is 2.30. The SMILES string of the molecule is Cc1cnc(Sc2nc3c(cc2C(=N)N)CCCC3)nc1. The minimum atomic E-state index is 0.0467. The number of rotatable bonds is 3. The molecule has 5 nitrogen and oxygen atoms in total. The van der Waals surface area contributed by atoms with Crippen molar-refractivity contribution in [3.8, 4) is 0 Å². The lowest BCUT2D eigenvalue weighted by molar-refractivity contribution is 0.660. The van der Waals surface area contributed by atoms with Crippen molar-refractivity contribution < 1.29 is 0 Å². The van der Waals surface area contributed by atoms with Crippen LogP contribution in [-0.2, 0) is 12.8 Å². The highest BCUT2D eigenvalue weighted by atomic mass is 32.2. The minimum Gasteiger partial charge on any atom is -0.384 e. The molecule has 0 bridgehead atoms. The second-order valence-electron chi connectivity index (χ2n) is 5.21. The van der Waals surface area contributed by atoms with E-state index in [2.05, 4.69) is 9.97 Å². The van der Waals surface area contributed by atoms with Gasteiger partial charge < -0.3 is 5.73 Å². The lowest BCUT2D eigenvalue weighted by Gasteiger charge is -2.17. The molecule has 108 valence electrons. The molecule has 2 heterocycles. The second kappa shape index (κ2) is 5.81. The predicted molar refractivity (Wildman–Crippen MR) is 82.8 cm³/mol. The average molecular weight is 299 g/mol. The van der Waals surface area contributed by atoms with Crippen molar-refractivity contribution in [1.82, 2.24) is 15.0 Å². The van der Waals surface area contributed by atoms with E-state index in [4.69, 9.17) is 16.1 Å². The van der Waals surface area contributed by atoms with Gasteiger partial charge in [0.2, 0.25) is 0 Å². The number of aromatic nitrogens is 3. The maximum atomic E-state index is 7.78. The molecule has 1 aliphatic rings. The Hall–Kier alpha value is -1.95. The van der Waals surface area contributed by atoms with E-state index in [1.54, 1.807) is 12.4 Å². The quantitative estimate of drug-likeness (QED) is 0.516. The van der Waals surface area contributed by atoms with E-state index >= 15 is 0 Å². The van der Waals surface area contributed by atoms with Gasteiger partial charge in [0.15, 0.2) is 5.16 Å². The van der Waals surface area contributed by atoms with Crippen molar-refractivity contribution >= 4 is 17.6 Å². The number of pyridine rings is 1. The van der Waals surface area contributed by atoms with Gasteiger partial charge in [-0.1, -0.05) is 0 Å². The summed E-state index contributed by atoms with van der Waals surface area (Å²) in [6, 6.07) is 2.01. The fraction of sp³-hybridized carbons (Fsp3) is 0.333. The van der Waals surface area contributed by atoms with Gasteiger partial charge in [-0.05, 0) is 61.6 Å². The Morgan fingerprint density at radius 1 is 1.24 bits per heavy atom. The highest BCUT2D eigenvalue weighted by molar-refractivity contribution is 7.99. The van der Waals surface area contributed by atoms with Gasteiger partial charge in [0, 0.05) is 23.7 Å². The summed E-state index contributed by atoms with van der Waals surface area (Å²) in [5.41, 5.74) is 9.77. The van der Waals surface area contributed by atoms with Crippen molar-refractivity contribution in [2.75, 3.05) is 0 Å². The van der Waals surface area contributed by atoms with E-state index in [0.29, 0.717) is 10.7 Å². The third-order valence-corrected chi connectivity index (χ3v) is 4.40. The van der Waals surface area contributed by atoms with Gasteiger partial charge in [0.1, 0.15) is 10.9 Å². The molecule has 3 N–H and O–H groups in total. The third-order valence-electron chi connectivity index (χ3n) is 3.50. The number of fused-ring (bicyclic) bond motifs is 1. The van der Waals surface area contributed by atoms with Gasteiger partial charge in [0.05, 0.1) is 0 Å². The summed E-state index contributed by atoms with van der Waals surface area (Å²) in [5, 5.41) is 9.14. The van der Waals surface area contributed by atoms with Gasteiger partial charge in [-0.25, -0.2) is 15.0 Å². The van der Waals surface area contributed by atoms with Crippen LogP contribution in [0, 0.1) is 12.3 Å². The maximum Gasteiger partial charge on any atom is 0.193 e. The number of nitrogen functional groups attached to an aromatic ring is 1. The first-order valence-electron chi connectivity index (χ1n) is 6.97. The Bertz CT molecular complexity index is 681. The molecule has 0 unspecified atom stereocenters. The van der Waals surface area contributed by atoms with Gasteiger partial charge in [-0.2, -0.15) is 0 Å². The summed E-state index contributed by atoms with van der Waals surface area (Å²) in [6.45, 7) is 1.95. The molecular formula is C15H17N5S. The fourth-order valence-corrected chi connectivity index (χ4v) is 3.22. The highest BCUT2D eigenvalue weighted by Gasteiger charge is 2.18. The Labute approximate surface area is 127 Å². The van der Waals surface area contributed by atoms with E-state index in [1.165, 1.54) is 30.2 Å². The summed E-state index contributed by atoms with van der Waals surface area (Å²) in [4.78, 5) is 13.3. The molecule has 0 saturated carbocycles. The summed E-state index contributed by atoms with van der Waals surface area (Å²) in [5.74, 6) is 0.0467. The average Bonchev–Trinajstić information content (AvgIpc) is 2.48. The van der Waals surface area contributed by atoms with Crippen LogP contribution in [0.15, 0.2) is 28.6 Å². The van der Waals surface area contributed by atoms with Crippen molar-refractivity contribution in [3.05, 3.63) is 40.8 Å². The normalized spacial score (nSPS) is 13.8. The zero-order chi connectivity index (χ0) is 14.8. The molecule has 6 heteroatoms. The van der Waals surface area contributed by atoms with E-state index in [-0.39, 0.29) is 5.84 Å². The molecule has 1 aliphatic carbocycles. The smallest absolute Gasteiger partial charge is 0.193 e. The van der Waals surface area contributed by atoms with Crippen LogP contribution in [0.3, 0.4) is 0 Å². The molecular weight excluding hydrogens is 282 g/mol. The molecule has 2 aromatic rings. The van der Waals surface area contributed by atoms with Gasteiger partial charge in [0.25, 0.3) is 0 Å². The lowest BCUT2D eigenvalue weighted by Crippen LogP contribution is -2.16. The first-order valence-corrected chi connectivity index (χ1v) is 7.79. The Balaban J connectivity index is 1.99. The van der Waals surface area contributed by atoms with Gasteiger partial charge >= 0.3 is 0 Å². The Morgan fingerprint density at radius 3 is 2.67 bits per heavy atom. The van der Waals surface area contributed by atoms with Crippen molar-refractivity contribution in [2.45, 2.75) is 42.8 Å². The number of nitrogens with two attached hydrogens (primary N) is 1. The first-order chi connectivity index (χ1) is 10.1. The largest absolute Gasteiger partial charge is 0.384 e. The van der Waals surface area contributed by atoms with Gasteiger partial charge in [-0.15, -0.1) is 0 Å². The molecule has 0 saturated heterocycles. The van der Waals surface area contributed by atoms with E-state index in [1.807, 2.05) is 13.0 Å². The van der Waals surface area contributed by atoms with Crippen molar-refractivity contribution in [1.29, 1.82) is 5.41 Å². The topological polar surface area (TPSA) is 88.5 Å². The lowest BCUT2D eigenvalue weighted by atomic mass is 9.95. The van der Waals surface area contributed by atoms with E-state index < -0.39 is 0 Å². The predicted octanol–water partition coefficient (Wildman–Crippen LogP) is 2.49. The molecule has 0 amide bonds. The van der Waals surface area contributed by atoms with Crippen LogP contribution in [-0.4, -0.2) is 20.8 Å². The number of amidine groups is 1. The summed E-state index contributed by atoms with van der Waals surface area (Å²) < 4.78 is 0. The molecule has 0 aromatic carbocycles. The Kier molecular flexibility index (Phi) is 3.88. The standard InChI is InChI=1S/C15H17N5S/c1-9-7-18-15(19-8-9)21-14-11(13(16)17)6-10-4-2-3-5-12(10)20-14/h6-8H,2-5H2,1H3,(H3,16,17). The number of nitrogens with zero attached hydrogens (tertiary/aromatic N) is 3. The molecule has 3 rings (SSSR count). The van der Waals surface area contributed by atoms with Crippen molar-refractivity contribution in [3.63, 3.8) is 0 Å². The zero-order valence-corrected chi connectivity index (χ0v) is 12.7. The van der Waals surface area contributed by atoms with Crippen LogP contribution in [0.25, 0.3) is 0 Å². The number of hydrogen-bond donors (Lipinski definition) is 2. The van der Waals surface area contributed by atoms with Crippen LogP contribution in [0.4, 0.5) is 0 Å². The number of nitrogens with one attached hydrogen (secondary N) is 1. The summed E-state index contributed by atoms with van der Waals surface area (Å²) in [7, 11) is 0. The molecule has 0 fully saturated rings. The van der Waals surface area contributed by atoms with Gasteiger partial charge in [-0.3, -0.25) is 5.41 Å². The summed E-state index contributed by atoms with van der Waals surface area (Å²) in [6.07, 6.45) is 7.93. The first kappa shape index (κ1) is 14.0. The van der Waals surface area contributed by atoms with Crippen LogP contribution < -0.4 is 5.73 Å². The van der Waals surface area contributed by atoms with Crippen LogP contribution >= 0.6 is 11.8 Å². The molecule has 21 heavy (non-hydrogen) atoms. The number of aryl methyl sites for hydroxylation is 3. The minimum absolute atomic E-state index is 0.0467. The molecule has 0 aliphatic heterocycles. The van der Waals surface area contributed by atoms with Crippen LogP contribution in [0.2, 0.25) is 0 Å². The van der Waals surface area contributed by atoms with Crippen LogP contribution in [0.1, 0.15) is 35.2 Å². The number of hydrogen-bond acceptors (Lipinski definition) is 5. The zero-order valence-electron chi connectivity index (χ0n) is 11.9. The Morgan fingerprint density at radius 2 is 1.95 bits per heavy atom.